The minimum atomic E-state index is -0.702. The molecule has 0 aromatic heterocycles. The molecule has 1 fully saturated rings. The van der Waals surface area contributed by atoms with E-state index in [0.29, 0.717) is 65.6 Å². The molecule has 3 aromatic rings. The van der Waals surface area contributed by atoms with Crippen LogP contribution in [0.1, 0.15) is 72.6 Å². The predicted octanol–water partition coefficient (Wildman–Crippen LogP) is 7.03. The van der Waals surface area contributed by atoms with Crippen molar-refractivity contribution in [3.63, 3.8) is 0 Å². The number of likely N-dealkylation sites (tertiary alicyclic amines) is 1. The first-order valence-electron chi connectivity index (χ1n) is 14.7. The van der Waals surface area contributed by atoms with Gasteiger partial charge >= 0.3 is 6.09 Å². The smallest absolute Gasteiger partial charge is 0.410 e. The Hall–Kier alpha value is -3.55. The maximum Gasteiger partial charge on any atom is 0.410 e. The van der Waals surface area contributed by atoms with Crippen LogP contribution in [0.15, 0.2) is 72.8 Å². The second kappa shape index (κ2) is 13.0. The summed E-state index contributed by atoms with van der Waals surface area (Å²) in [5.74, 6) is -1.04. The summed E-state index contributed by atoms with van der Waals surface area (Å²) >= 11 is 13.1. The van der Waals surface area contributed by atoms with Crippen molar-refractivity contribution < 1.29 is 19.1 Å². The van der Waals surface area contributed by atoms with Crippen LogP contribution < -0.4 is 5.32 Å². The Morgan fingerprint density at radius 2 is 1.60 bits per heavy atom. The highest BCUT2D eigenvalue weighted by Crippen LogP contribution is 2.47. The quantitative estimate of drug-likeness (QED) is 0.320. The molecule has 2 atom stereocenters. The molecule has 43 heavy (non-hydrogen) atoms. The summed E-state index contributed by atoms with van der Waals surface area (Å²) in [4.78, 5) is 44.7. The van der Waals surface area contributed by atoms with Crippen LogP contribution in [0, 0.1) is 0 Å². The average molecular weight is 623 g/mol. The number of ether oxygens (including phenoxy) is 1. The van der Waals surface area contributed by atoms with E-state index in [-0.39, 0.29) is 23.9 Å². The zero-order chi connectivity index (χ0) is 30.7. The zero-order valence-corrected chi connectivity index (χ0v) is 26.2. The van der Waals surface area contributed by atoms with E-state index < -0.39 is 17.6 Å². The summed E-state index contributed by atoms with van der Waals surface area (Å²) in [6.07, 6.45) is 1.39. The second-order valence-corrected chi connectivity index (χ2v) is 13.0. The van der Waals surface area contributed by atoms with Gasteiger partial charge in [0.15, 0.2) is 0 Å². The fraction of sp³-hybridized carbons (Fsp3) is 0.382. The normalized spacial score (nSPS) is 19.1. The molecule has 1 saturated heterocycles. The van der Waals surface area contributed by atoms with Gasteiger partial charge in [-0.25, -0.2) is 4.79 Å². The number of nitrogens with zero attached hydrogens (tertiary/aromatic N) is 2. The van der Waals surface area contributed by atoms with E-state index in [1.54, 1.807) is 23.1 Å². The molecule has 5 rings (SSSR count). The van der Waals surface area contributed by atoms with Crippen LogP contribution in [0.25, 0.3) is 0 Å². The number of nitrogens with one attached hydrogen (secondary N) is 1. The maximum atomic E-state index is 14.3. The number of piperidine rings is 1. The van der Waals surface area contributed by atoms with Gasteiger partial charge in [0.25, 0.3) is 5.91 Å². The highest BCUT2D eigenvalue weighted by molar-refractivity contribution is 6.35. The molecule has 3 aromatic carbocycles. The molecule has 0 bridgehead atoms. The number of rotatable bonds is 6. The van der Waals surface area contributed by atoms with Crippen molar-refractivity contribution in [2.75, 3.05) is 19.6 Å². The summed E-state index contributed by atoms with van der Waals surface area (Å²) in [6.45, 7) is 6.83. The van der Waals surface area contributed by atoms with Gasteiger partial charge in [-0.15, -0.1) is 0 Å². The van der Waals surface area contributed by atoms with Gasteiger partial charge < -0.3 is 19.9 Å². The summed E-state index contributed by atoms with van der Waals surface area (Å²) < 4.78 is 5.58. The number of carbonyl (C=O) groups is 3. The molecule has 2 heterocycles. The van der Waals surface area contributed by atoms with Gasteiger partial charge in [-0.1, -0.05) is 77.8 Å². The Kier molecular flexibility index (Phi) is 9.33. The Morgan fingerprint density at radius 1 is 0.930 bits per heavy atom. The Labute approximate surface area is 263 Å². The van der Waals surface area contributed by atoms with Gasteiger partial charge in [0.2, 0.25) is 5.91 Å². The SMILES string of the molecule is CC(C)(C)OC(=O)N1CCC(N2C(=O)c3ccccc3[C@@H](C(=O)NCCc3ccccc3)[C@@H]2c2ccc(Cl)cc2Cl)CC1. The molecule has 3 amide bonds. The summed E-state index contributed by atoms with van der Waals surface area (Å²) in [6, 6.07) is 21.6. The lowest BCUT2D eigenvalue weighted by Crippen LogP contribution is -2.55. The van der Waals surface area contributed by atoms with Crippen LogP contribution in [-0.2, 0) is 16.0 Å². The molecule has 7 nitrogen and oxygen atoms in total. The first-order chi connectivity index (χ1) is 20.5. The molecule has 226 valence electrons. The van der Waals surface area contributed by atoms with Crippen LogP contribution in [0.3, 0.4) is 0 Å². The monoisotopic (exact) mass is 621 g/mol. The fourth-order valence-corrected chi connectivity index (χ4v) is 6.57. The van der Waals surface area contributed by atoms with Crippen LogP contribution in [0.2, 0.25) is 10.0 Å². The van der Waals surface area contributed by atoms with Crippen molar-refractivity contribution in [2.24, 2.45) is 0 Å². The van der Waals surface area contributed by atoms with E-state index in [1.807, 2.05) is 80.3 Å². The molecule has 2 aliphatic heterocycles. The second-order valence-electron chi connectivity index (χ2n) is 12.1. The molecule has 0 unspecified atom stereocenters. The van der Waals surface area contributed by atoms with E-state index in [0.717, 1.165) is 5.56 Å². The molecule has 2 aliphatic rings. The van der Waals surface area contributed by atoms with Gasteiger partial charge in [0, 0.05) is 41.3 Å². The fourth-order valence-electron chi connectivity index (χ4n) is 6.05. The highest BCUT2D eigenvalue weighted by atomic mass is 35.5. The van der Waals surface area contributed by atoms with Crippen LogP contribution >= 0.6 is 23.2 Å². The van der Waals surface area contributed by atoms with E-state index >= 15 is 0 Å². The molecule has 9 heteroatoms. The van der Waals surface area contributed by atoms with E-state index in [4.69, 9.17) is 27.9 Å². The summed E-state index contributed by atoms with van der Waals surface area (Å²) in [7, 11) is 0. The van der Waals surface area contributed by atoms with Gasteiger partial charge in [-0.05, 0) is 74.9 Å². The third-order valence-corrected chi connectivity index (χ3v) is 8.57. The van der Waals surface area contributed by atoms with Gasteiger partial charge in [0.1, 0.15) is 5.60 Å². The largest absolute Gasteiger partial charge is 0.444 e. The average Bonchev–Trinajstić information content (AvgIpc) is 2.97. The lowest BCUT2D eigenvalue weighted by Gasteiger charge is -2.48. The first kappa shape index (κ1) is 30.9. The molecule has 0 aliphatic carbocycles. The minimum Gasteiger partial charge on any atom is -0.444 e. The molecular formula is C34H37Cl2N3O4. The first-order valence-corrected chi connectivity index (χ1v) is 15.4. The van der Waals surface area contributed by atoms with Crippen molar-refractivity contribution in [1.29, 1.82) is 0 Å². The van der Waals surface area contributed by atoms with Crippen molar-refractivity contribution >= 4 is 41.1 Å². The highest BCUT2D eigenvalue weighted by Gasteiger charge is 2.48. The lowest BCUT2D eigenvalue weighted by molar-refractivity contribution is -0.124. The molecule has 0 saturated carbocycles. The standard InChI is InChI=1S/C34H37Cl2N3O4/c1-34(2,3)43-33(42)38-19-16-24(17-20-38)39-30(27-14-13-23(35)21-28(27)36)29(25-11-7-8-12-26(25)32(39)41)31(40)37-18-15-22-9-5-4-6-10-22/h4-14,21,24,29-30H,15-20H2,1-3H3,(H,37,40)/t29-,30+/m1/s1. The number of benzene rings is 3. The predicted molar refractivity (Wildman–Crippen MR) is 169 cm³/mol. The number of fused-ring (bicyclic) bond motifs is 1. The van der Waals surface area contributed by atoms with E-state index in [2.05, 4.69) is 5.32 Å². The van der Waals surface area contributed by atoms with Crippen molar-refractivity contribution in [3.8, 4) is 0 Å². The number of hydrogen-bond donors (Lipinski definition) is 1. The lowest BCUT2D eigenvalue weighted by atomic mass is 9.77. The Morgan fingerprint density at radius 3 is 2.28 bits per heavy atom. The summed E-state index contributed by atoms with van der Waals surface area (Å²) in [5.41, 5.74) is 2.35. The van der Waals surface area contributed by atoms with Crippen molar-refractivity contribution in [2.45, 2.75) is 63.6 Å². The van der Waals surface area contributed by atoms with Gasteiger partial charge in [-0.3, -0.25) is 9.59 Å². The van der Waals surface area contributed by atoms with Crippen LogP contribution in [0.4, 0.5) is 4.79 Å². The van der Waals surface area contributed by atoms with Crippen LogP contribution in [0.5, 0.6) is 0 Å². The van der Waals surface area contributed by atoms with Crippen LogP contribution in [-0.4, -0.2) is 59.0 Å². The molecule has 0 radical (unpaired) electrons. The molecular weight excluding hydrogens is 585 g/mol. The van der Waals surface area contributed by atoms with E-state index in [9.17, 15) is 14.4 Å². The maximum absolute atomic E-state index is 14.3. The molecule has 1 N–H and O–H groups in total. The number of amides is 3. The van der Waals surface area contributed by atoms with Gasteiger partial charge in [-0.2, -0.15) is 0 Å². The Bertz CT molecular complexity index is 1480. The molecule has 0 spiro atoms. The van der Waals surface area contributed by atoms with E-state index in [1.165, 1.54) is 0 Å². The Balaban J connectivity index is 1.48. The number of carbonyl (C=O) groups excluding carboxylic acids is 3. The van der Waals surface area contributed by atoms with Gasteiger partial charge in [0.05, 0.1) is 12.0 Å². The van der Waals surface area contributed by atoms with Crippen molar-refractivity contribution in [3.05, 3.63) is 105 Å². The zero-order valence-electron chi connectivity index (χ0n) is 24.7. The number of hydrogen-bond acceptors (Lipinski definition) is 4. The summed E-state index contributed by atoms with van der Waals surface area (Å²) in [5, 5.41) is 4.00. The van der Waals surface area contributed by atoms with Crippen molar-refractivity contribution in [1.82, 2.24) is 15.1 Å². The third-order valence-electron chi connectivity index (χ3n) is 8.01. The third kappa shape index (κ3) is 7.00. The minimum absolute atomic E-state index is 0.157. The number of halogens is 2. The topological polar surface area (TPSA) is 79.0 Å².